The van der Waals surface area contributed by atoms with E-state index in [1.165, 1.54) is 11.1 Å². The van der Waals surface area contributed by atoms with Crippen molar-refractivity contribution in [3.8, 4) is 0 Å². The van der Waals surface area contributed by atoms with Crippen molar-refractivity contribution in [3.63, 3.8) is 0 Å². The van der Waals surface area contributed by atoms with Crippen LogP contribution in [0.5, 0.6) is 0 Å². The van der Waals surface area contributed by atoms with Crippen LogP contribution in [0.3, 0.4) is 0 Å². The largest absolute Gasteiger partial charge is 0.480 e. The molecule has 0 spiro atoms. The van der Waals surface area contributed by atoms with Gasteiger partial charge in [0.15, 0.2) is 0 Å². The van der Waals surface area contributed by atoms with E-state index in [2.05, 4.69) is 5.10 Å². The third-order valence-electron chi connectivity index (χ3n) is 6.19. The summed E-state index contributed by atoms with van der Waals surface area (Å²) >= 11 is 0. The Bertz CT molecular complexity index is 1390. The maximum atomic E-state index is 13.4. The molecule has 0 bridgehead atoms. The van der Waals surface area contributed by atoms with Crippen LogP contribution in [-0.4, -0.2) is 31.5 Å². The van der Waals surface area contributed by atoms with E-state index in [9.17, 15) is 14.7 Å². The van der Waals surface area contributed by atoms with Crippen molar-refractivity contribution in [1.82, 2.24) is 14.2 Å². The van der Waals surface area contributed by atoms with E-state index in [1.807, 2.05) is 42.5 Å². The number of para-hydroxylation sites is 2. The van der Waals surface area contributed by atoms with Crippen LogP contribution in [0.15, 0.2) is 64.6 Å². The molecule has 7 nitrogen and oxygen atoms in total. The van der Waals surface area contributed by atoms with Crippen LogP contribution in [0.25, 0.3) is 21.8 Å². The molecular weight excluding hydrogens is 404 g/mol. The first-order valence-corrected chi connectivity index (χ1v) is 11.0. The number of hydrogen-bond acceptors (Lipinski definition) is 4. The van der Waals surface area contributed by atoms with Gasteiger partial charge in [-0.2, -0.15) is 9.78 Å². The van der Waals surface area contributed by atoms with E-state index in [-0.39, 0.29) is 18.0 Å². The molecule has 1 aliphatic carbocycles. The van der Waals surface area contributed by atoms with E-state index in [4.69, 9.17) is 4.98 Å². The third-order valence-corrected chi connectivity index (χ3v) is 6.19. The molecule has 1 saturated carbocycles. The maximum absolute atomic E-state index is 13.4. The van der Waals surface area contributed by atoms with Crippen molar-refractivity contribution < 1.29 is 9.90 Å². The fraction of sp³-hybridized carbons (Fsp3) is 0.280. The smallest absolute Gasteiger partial charge is 0.323 e. The van der Waals surface area contributed by atoms with Gasteiger partial charge >= 0.3 is 5.97 Å². The van der Waals surface area contributed by atoms with Crippen LogP contribution in [-0.2, 0) is 11.3 Å². The molecule has 4 aromatic rings. The predicted octanol–water partition coefficient (Wildman–Crippen LogP) is 4.37. The Labute approximate surface area is 184 Å². The zero-order valence-electron chi connectivity index (χ0n) is 17.6. The summed E-state index contributed by atoms with van der Waals surface area (Å²) in [6.07, 6.45) is 8.86. The predicted molar refractivity (Wildman–Crippen MR) is 124 cm³/mol. The van der Waals surface area contributed by atoms with Gasteiger partial charge in [-0.25, -0.2) is 4.98 Å². The van der Waals surface area contributed by atoms with Crippen LogP contribution in [0.4, 0.5) is 0 Å². The van der Waals surface area contributed by atoms with Gasteiger partial charge in [0.2, 0.25) is 0 Å². The molecule has 2 aromatic carbocycles. The molecule has 1 fully saturated rings. The van der Waals surface area contributed by atoms with E-state index >= 15 is 0 Å². The summed E-state index contributed by atoms with van der Waals surface area (Å²) in [5.74, 6) is -0.00532. The molecule has 0 saturated heterocycles. The molecule has 0 aliphatic heterocycles. The van der Waals surface area contributed by atoms with Crippen molar-refractivity contribution >= 4 is 34.0 Å². The van der Waals surface area contributed by atoms with Gasteiger partial charge in [-0.1, -0.05) is 49.6 Å². The highest BCUT2D eigenvalue weighted by molar-refractivity contribution is 5.99. The number of fused-ring (bicyclic) bond motifs is 2. The highest BCUT2D eigenvalue weighted by Crippen LogP contribution is 2.31. The number of nitrogens with zero attached hydrogens (tertiary/aromatic N) is 4. The molecule has 1 N–H and O–H groups in total. The van der Waals surface area contributed by atoms with Crippen molar-refractivity contribution in [1.29, 1.82) is 0 Å². The van der Waals surface area contributed by atoms with Crippen molar-refractivity contribution in [2.45, 2.75) is 44.6 Å². The summed E-state index contributed by atoms with van der Waals surface area (Å²) in [6.45, 7) is -0.140. The van der Waals surface area contributed by atoms with Gasteiger partial charge in [-0.15, -0.1) is 0 Å². The molecule has 0 amide bonds. The highest BCUT2D eigenvalue weighted by atomic mass is 16.4. The molecular formula is C25H24N4O3. The van der Waals surface area contributed by atoms with Crippen molar-refractivity contribution in [2.24, 2.45) is 5.10 Å². The lowest BCUT2D eigenvalue weighted by Gasteiger charge is -2.22. The first-order valence-electron chi connectivity index (χ1n) is 11.0. The first kappa shape index (κ1) is 20.2. The summed E-state index contributed by atoms with van der Waals surface area (Å²) in [5, 5.41) is 15.3. The second-order valence-corrected chi connectivity index (χ2v) is 8.31. The molecule has 1 aliphatic rings. The second kappa shape index (κ2) is 8.42. The molecule has 0 atom stereocenters. The summed E-state index contributed by atoms with van der Waals surface area (Å²) in [5.41, 5.74) is 2.09. The topological polar surface area (TPSA) is 89.5 Å². The molecule has 32 heavy (non-hydrogen) atoms. The van der Waals surface area contributed by atoms with E-state index < -0.39 is 5.97 Å². The van der Waals surface area contributed by atoms with Crippen LogP contribution in [0, 0.1) is 0 Å². The van der Waals surface area contributed by atoms with Gasteiger partial charge in [0, 0.05) is 28.6 Å². The SMILES string of the molecule is O=C(O)Cn1cc(C=Nn2c(C3CCCCC3)nc3ccccc3c2=O)c2ccccc21. The Morgan fingerprint density at radius 3 is 2.56 bits per heavy atom. The number of benzene rings is 2. The summed E-state index contributed by atoms with van der Waals surface area (Å²) in [6, 6.07) is 15.0. The molecule has 5 rings (SSSR count). The molecule has 0 unspecified atom stereocenters. The van der Waals surface area contributed by atoms with Crippen LogP contribution < -0.4 is 5.56 Å². The number of aliphatic carboxylic acids is 1. The van der Waals surface area contributed by atoms with Gasteiger partial charge in [0.1, 0.15) is 12.4 Å². The summed E-state index contributed by atoms with van der Waals surface area (Å²) < 4.78 is 3.13. The Morgan fingerprint density at radius 2 is 1.78 bits per heavy atom. The maximum Gasteiger partial charge on any atom is 0.323 e. The van der Waals surface area contributed by atoms with Gasteiger partial charge in [0.05, 0.1) is 17.1 Å². The minimum absolute atomic E-state index is 0.140. The Hall–Kier alpha value is -3.74. The fourth-order valence-corrected chi connectivity index (χ4v) is 4.65. The zero-order chi connectivity index (χ0) is 22.1. The number of carboxylic acid groups (broad SMARTS) is 1. The first-order chi connectivity index (χ1) is 15.6. The number of hydrogen-bond donors (Lipinski definition) is 1. The third kappa shape index (κ3) is 3.70. The normalized spacial score (nSPS) is 15.1. The van der Waals surface area contributed by atoms with Gasteiger partial charge < -0.3 is 9.67 Å². The lowest BCUT2D eigenvalue weighted by molar-refractivity contribution is -0.137. The van der Waals surface area contributed by atoms with E-state index in [0.29, 0.717) is 16.7 Å². The number of aromatic nitrogens is 3. The minimum atomic E-state index is -0.913. The van der Waals surface area contributed by atoms with Gasteiger partial charge in [-0.3, -0.25) is 9.59 Å². The lowest BCUT2D eigenvalue weighted by Crippen LogP contribution is -2.25. The van der Waals surface area contributed by atoms with Crippen molar-refractivity contribution in [3.05, 3.63) is 76.5 Å². The molecule has 2 heterocycles. The highest BCUT2D eigenvalue weighted by Gasteiger charge is 2.22. The lowest BCUT2D eigenvalue weighted by atomic mass is 9.88. The van der Waals surface area contributed by atoms with Crippen LogP contribution in [0.1, 0.15) is 49.4 Å². The number of carboxylic acids is 1. The monoisotopic (exact) mass is 428 g/mol. The molecule has 2 aromatic heterocycles. The zero-order valence-corrected chi connectivity index (χ0v) is 17.6. The Kier molecular flexibility index (Phi) is 5.31. The average Bonchev–Trinajstić information content (AvgIpc) is 3.16. The van der Waals surface area contributed by atoms with Crippen LogP contribution in [0.2, 0.25) is 0 Å². The quantitative estimate of drug-likeness (QED) is 0.478. The minimum Gasteiger partial charge on any atom is -0.480 e. The molecule has 7 heteroatoms. The Balaban J connectivity index is 1.64. The average molecular weight is 428 g/mol. The number of carbonyl (C=O) groups is 1. The second-order valence-electron chi connectivity index (χ2n) is 8.31. The molecule has 162 valence electrons. The standard InChI is InChI=1S/C25H24N4O3/c30-23(31)16-28-15-18(19-10-5-7-13-22(19)28)14-26-29-24(17-8-2-1-3-9-17)27-21-12-6-4-11-20(21)25(29)32/h4-7,10-15,17H,1-3,8-9,16H2,(H,30,31). The number of rotatable bonds is 5. The van der Waals surface area contributed by atoms with Gasteiger partial charge in [-0.05, 0) is 31.0 Å². The van der Waals surface area contributed by atoms with E-state index in [1.54, 1.807) is 23.0 Å². The summed E-state index contributed by atoms with van der Waals surface area (Å²) in [4.78, 5) is 29.5. The van der Waals surface area contributed by atoms with Gasteiger partial charge in [0.25, 0.3) is 5.56 Å². The Morgan fingerprint density at radius 1 is 1.06 bits per heavy atom. The van der Waals surface area contributed by atoms with E-state index in [0.717, 1.165) is 42.1 Å². The van der Waals surface area contributed by atoms with Crippen LogP contribution >= 0.6 is 0 Å². The summed E-state index contributed by atoms with van der Waals surface area (Å²) in [7, 11) is 0. The van der Waals surface area contributed by atoms with Crippen molar-refractivity contribution in [2.75, 3.05) is 0 Å². The fourth-order valence-electron chi connectivity index (χ4n) is 4.65. The molecule has 0 radical (unpaired) electrons.